The predicted molar refractivity (Wildman–Crippen MR) is 101 cm³/mol. The molecule has 0 fully saturated rings. The second kappa shape index (κ2) is 8.33. The van der Waals surface area contributed by atoms with Gasteiger partial charge >= 0.3 is 0 Å². The predicted octanol–water partition coefficient (Wildman–Crippen LogP) is 1.72. The second-order valence-corrected chi connectivity index (χ2v) is 7.62. The van der Waals surface area contributed by atoms with Gasteiger partial charge in [-0.25, -0.2) is 0 Å². The number of hydrogen-bond donors (Lipinski definition) is 3. The van der Waals surface area contributed by atoms with Crippen LogP contribution in [-0.4, -0.2) is 37.1 Å². The quantitative estimate of drug-likeness (QED) is 0.713. The van der Waals surface area contributed by atoms with Crippen LogP contribution in [0.2, 0.25) is 5.02 Å². The molecule has 0 bridgehead atoms. The second-order valence-electron chi connectivity index (χ2n) is 7.21. The first kappa shape index (κ1) is 19.9. The highest BCUT2D eigenvalue weighted by molar-refractivity contribution is 6.33. The van der Waals surface area contributed by atoms with Crippen LogP contribution in [0.3, 0.4) is 0 Å². The fourth-order valence-electron chi connectivity index (χ4n) is 2.24. The van der Waals surface area contributed by atoms with E-state index >= 15 is 0 Å². The lowest BCUT2D eigenvalue weighted by atomic mass is 9.92. The van der Waals surface area contributed by atoms with E-state index in [0.29, 0.717) is 16.6 Å². The van der Waals surface area contributed by atoms with Crippen LogP contribution in [0.5, 0.6) is 0 Å². The van der Waals surface area contributed by atoms with E-state index in [2.05, 4.69) is 15.8 Å². The molecule has 0 aliphatic rings. The van der Waals surface area contributed by atoms with Crippen LogP contribution in [-0.2, 0) is 15.0 Å². The van der Waals surface area contributed by atoms with E-state index in [0.717, 1.165) is 10.6 Å². The molecule has 0 radical (unpaired) electrons. The molecule has 2 amide bonds. The highest BCUT2D eigenvalue weighted by atomic mass is 35.5. The maximum absolute atomic E-state index is 12.1. The average Bonchev–Trinajstić information content (AvgIpc) is 2.97. The van der Waals surface area contributed by atoms with Gasteiger partial charge in [-0.3, -0.25) is 14.9 Å². The highest BCUT2D eigenvalue weighted by Crippen LogP contribution is 2.23. The zero-order chi connectivity index (χ0) is 19.3. The van der Waals surface area contributed by atoms with Crippen molar-refractivity contribution in [3.63, 3.8) is 0 Å². The highest BCUT2D eigenvalue weighted by Gasteiger charge is 2.21. The van der Waals surface area contributed by atoms with Gasteiger partial charge in [0.05, 0.1) is 23.5 Å². The molecule has 0 spiro atoms. The largest absolute Gasteiger partial charge is 0.338 e. The fourth-order valence-corrected chi connectivity index (χ4v) is 2.42. The van der Waals surface area contributed by atoms with Crippen molar-refractivity contribution in [1.82, 2.24) is 5.16 Å². The number of para-hydroxylation sites is 1. The number of aromatic nitrogens is 1. The Morgan fingerprint density at radius 1 is 1.15 bits per heavy atom. The third kappa shape index (κ3) is 5.86. The van der Waals surface area contributed by atoms with E-state index in [1.165, 1.54) is 0 Å². The lowest BCUT2D eigenvalue weighted by molar-refractivity contribution is -0.862. The molecule has 3 N–H and O–H groups in total. The molecule has 2 aromatic rings. The van der Waals surface area contributed by atoms with Gasteiger partial charge in [-0.1, -0.05) is 49.7 Å². The number of nitrogens with one attached hydrogen (secondary N) is 3. The van der Waals surface area contributed by atoms with Crippen molar-refractivity contribution in [2.45, 2.75) is 26.2 Å². The number of hydrogen-bond acceptors (Lipinski definition) is 4. The number of carbonyl (C=O) groups excluding carboxylic acids is 2. The van der Waals surface area contributed by atoms with Gasteiger partial charge in [0.2, 0.25) is 5.88 Å². The maximum Gasteiger partial charge on any atom is 0.281 e. The van der Waals surface area contributed by atoms with E-state index in [9.17, 15) is 9.59 Å². The molecule has 0 aliphatic carbocycles. The van der Waals surface area contributed by atoms with Crippen LogP contribution in [0.4, 0.5) is 11.6 Å². The Bertz CT molecular complexity index is 783. The van der Waals surface area contributed by atoms with Gasteiger partial charge in [-0.2, -0.15) is 0 Å². The SMILES string of the molecule is C[NH+](CC(=O)Nc1cc(C(C)(C)C)no1)CC(=O)Nc1ccccc1Cl. The van der Waals surface area contributed by atoms with Gasteiger partial charge in [0, 0.05) is 11.5 Å². The number of likely N-dealkylation sites (N-methyl/N-ethyl adjacent to an activating group) is 1. The molecule has 1 heterocycles. The summed E-state index contributed by atoms with van der Waals surface area (Å²) in [5, 5.41) is 9.81. The summed E-state index contributed by atoms with van der Waals surface area (Å²) < 4.78 is 5.13. The Labute approximate surface area is 157 Å². The van der Waals surface area contributed by atoms with Gasteiger partial charge in [0.15, 0.2) is 13.1 Å². The molecule has 0 saturated heterocycles. The minimum absolute atomic E-state index is 0.113. The molecule has 26 heavy (non-hydrogen) atoms. The van der Waals surface area contributed by atoms with Gasteiger partial charge in [0.1, 0.15) is 0 Å². The van der Waals surface area contributed by atoms with Crippen molar-refractivity contribution in [2.75, 3.05) is 30.8 Å². The van der Waals surface area contributed by atoms with E-state index in [4.69, 9.17) is 16.1 Å². The summed E-state index contributed by atoms with van der Waals surface area (Å²) in [6.45, 7) is 6.26. The molecule has 140 valence electrons. The van der Waals surface area contributed by atoms with Crippen LogP contribution in [0.15, 0.2) is 34.9 Å². The van der Waals surface area contributed by atoms with Crippen molar-refractivity contribution < 1.29 is 19.0 Å². The summed E-state index contributed by atoms with van der Waals surface area (Å²) >= 11 is 6.01. The summed E-state index contributed by atoms with van der Waals surface area (Å²) in [5.74, 6) is -0.184. The molecule has 0 aliphatic heterocycles. The van der Waals surface area contributed by atoms with Crippen molar-refractivity contribution >= 4 is 35.0 Å². The monoisotopic (exact) mass is 379 g/mol. The molecule has 1 aromatic heterocycles. The smallest absolute Gasteiger partial charge is 0.281 e. The van der Waals surface area contributed by atoms with Gasteiger partial charge in [0.25, 0.3) is 11.8 Å². The fraction of sp³-hybridized carbons (Fsp3) is 0.389. The van der Waals surface area contributed by atoms with E-state index in [1.807, 2.05) is 20.8 Å². The number of halogens is 1. The van der Waals surface area contributed by atoms with Gasteiger partial charge in [-0.15, -0.1) is 0 Å². The first-order chi connectivity index (χ1) is 12.1. The van der Waals surface area contributed by atoms with E-state index in [-0.39, 0.29) is 30.3 Å². The zero-order valence-corrected chi connectivity index (χ0v) is 16.1. The van der Waals surface area contributed by atoms with Crippen LogP contribution >= 0.6 is 11.6 Å². The lowest BCUT2D eigenvalue weighted by Crippen LogP contribution is -3.11. The normalized spacial score (nSPS) is 12.5. The molecule has 8 heteroatoms. The zero-order valence-electron chi connectivity index (χ0n) is 15.4. The molecule has 0 saturated carbocycles. The number of benzene rings is 1. The number of anilines is 2. The summed E-state index contributed by atoms with van der Waals surface area (Å²) in [6, 6.07) is 8.70. The summed E-state index contributed by atoms with van der Waals surface area (Å²) in [4.78, 5) is 24.9. The Balaban J connectivity index is 1.82. The first-order valence-corrected chi connectivity index (χ1v) is 8.65. The number of carbonyl (C=O) groups is 2. The standard InChI is InChI=1S/C18H23ClN4O3/c1-18(2,3)14-9-17(26-22-14)21-16(25)11-23(4)10-15(24)20-13-8-6-5-7-12(13)19/h5-9H,10-11H2,1-4H3,(H,20,24)(H,21,25)/p+1. The maximum atomic E-state index is 12.1. The van der Waals surface area contributed by atoms with E-state index in [1.54, 1.807) is 37.4 Å². The van der Waals surface area contributed by atoms with Gasteiger partial charge < -0.3 is 14.7 Å². The Hall–Kier alpha value is -2.38. The number of quaternary nitrogens is 1. The Kier molecular flexibility index (Phi) is 6.39. The average molecular weight is 380 g/mol. The lowest BCUT2D eigenvalue weighted by Gasteiger charge is -2.13. The number of amides is 2. The molecule has 1 unspecified atom stereocenters. The third-order valence-corrected chi connectivity index (χ3v) is 3.94. The summed E-state index contributed by atoms with van der Waals surface area (Å²) in [5.41, 5.74) is 1.14. The molecule has 7 nitrogen and oxygen atoms in total. The van der Waals surface area contributed by atoms with E-state index < -0.39 is 0 Å². The molecule has 2 rings (SSSR count). The van der Waals surface area contributed by atoms with Crippen molar-refractivity contribution in [3.8, 4) is 0 Å². The van der Waals surface area contributed by atoms with Crippen LogP contribution < -0.4 is 15.5 Å². The molecule has 1 atom stereocenters. The third-order valence-electron chi connectivity index (χ3n) is 3.61. The molecular weight excluding hydrogens is 356 g/mol. The van der Waals surface area contributed by atoms with Crippen molar-refractivity contribution in [3.05, 3.63) is 41.0 Å². The number of rotatable bonds is 6. The Morgan fingerprint density at radius 3 is 2.35 bits per heavy atom. The minimum atomic E-state index is -0.260. The molecular formula is C18H24ClN4O3+. The topological polar surface area (TPSA) is 88.7 Å². The van der Waals surface area contributed by atoms with Crippen LogP contribution in [0.1, 0.15) is 26.5 Å². The van der Waals surface area contributed by atoms with Crippen molar-refractivity contribution in [1.29, 1.82) is 0 Å². The Morgan fingerprint density at radius 2 is 1.77 bits per heavy atom. The molecule has 1 aromatic carbocycles. The number of nitrogens with zero attached hydrogens (tertiary/aromatic N) is 1. The first-order valence-electron chi connectivity index (χ1n) is 8.28. The van der Waals surface area contributed by atoms with Crippen LogP contribution in [0, 0.1) is 0 Å². The summed E-state index contributed by atoms with van der Waals surface area (Å²) in [6.07, 6.45) is 0. The minimum Gasteiger partial charge on any atom is -0.338 e. The van der Waals surface area contributed by atoms with Crippen molar-refractivity contribution in [2.24, 2.45) is 0 Å². The van der Waals surface area contributed by atoms with Crippen LogP contribution in [0.25, 0.3) is 0 Å². The van der Waals surface area contributed by atoms with Gasteiger partial charge in [-0.05, 0) is 12.1 Å². The summed E-state index contributed by atoms with van der Waals surface area (Å²) in [7, 11) is 1.76.